The number of rotatable bonds is 4. The van der Waals surface area contributed by atoms with Crippen LogP contribution in [0.25, 0.3) is 0 Å². The number of hydrogen-bond acceptors (Lipinski definition) is 3. The van der Waals surface area contributed by atoms with Crippen LogP contribution in [0.3, 0.4) is 0 Å². The summed E-state index contributed by atoms with van der Waals surface area (Å²) in [6, 6.07) is 0. The number of hydrogen-bond donors (Lipinski definition) is 1. The fraction of sp³-hybridized carbons (Fsp3) is 0.909. The van der Waals surface area contributed by atoms with E-state index in [9.17, 15) is 0 Å². The third kappa shape index (κ3) is 4.20. The van der Waals surface area contributed by atoms with Gasteiger partial charge in [0.15, 0.2) is 0 Å². The standard InChI is InChI=1S/C11H23N3/c1-10(2)11(3)13-6-9-14-7-4-12-5-8-14/h10,12H,4-9H2,1-3H3. The molecule has 14 heavy (non-hydrogen) atoms. The zero-order valence-electron chi connectivity index (χ0n) is 9.71. The monoisotopic (exact) mass is 197 g/mol. The van der Waals surface area contributed by atoms with E-state index in [1.165, 1.54) is 18.8 Å². The van der Waals surface area contributed by atoms with Crippen LogP contribution in [-0.4, -0.2) is 49.9 Å². The first-order chi connectivity index (χ1) is 6.70. The van der Waals surface area contributed by atoms with Crippen molar-refractivity contribution in [2.24, 2.45) is 10.9 Å². The first-order valence-electron chi connectivity index (χ1n) is 5.64. The fourth-order valence-corrected chi connectivity index (χ4v) is 1.49. The highest BCUT2D eigenvalue weighted by Crippen LogP contribution is 1.97. The van der Waals surface area contributed by atoms with Crippen LogP contribution in [0.2, 0.25) is 0 Å². The molecule has 3 nitrogen and oxygen atoms in total. The third-order valence-electron chi connectivity index (χ3n) is 2.82. The lowest BCUT2D eigenvalue weighted by atomic mass is 10.1. The first kappa shape index (κ1) is 11.7. The van der Waals surface area contributed by atoms with E-state index in [-0.39, 0.29) is 0 Å². The minimum atomic E-state index is 0.595. The summed E-state index contributed by atoms with van der Waals surface area (Å²) in [6.45, 7) is 13.2. The smallest absolute Gasteiger partial charge is 0.0516 e. The van der Waals surface area contributed by atoms with Crippen molar-refractivity contribution in [3.63, 3.8) is 0 Å². The van der Waals surface area contributed by atoms with Gasteiger partial charge in [0.25, 0.3) is 0 Å². The van der Waals surface area contributed by atoms with E-state index in [4.69, 9.17) is 0 Å². The van der Waals surface area contributed by atoms with E-state index in [2.05, 4.69) is 36.0 Å². The zero-order chi connectivity index (χ0) is 10.4. The van der Waals surface area contributed by atoms with Gasteiger partial charge < -0.3 is 5.32 Å². The molecular weight excluding hydrogens is 174 g/mol. The molecule has 0 atom stereocenters. The highest BCUT2D eigenvalue weighted by molar-refractivity contribution is 5.83. The van der Waals surface area contributed by atoms with Crippen molar-refractivity contribution in [2.75, 3.05) is 39.3 Å². The molecule has 0 aromatic rings. The van der Waals surface area contributed by atoms with Crippen molar-refractivity contribution in [1.29, 1.82) is 0 Å². The molecule has 1 fully saturated rings. The van der Waals surface area contributed by atoms with E-state index in [0.717, 1.165) is 26.2 Å². The number of nitrogens with zero attached hydrogens (tertiary/aromatic N) is 2. The summed E-state index contributed by atoms with van der Waals surface area (Å²) in [5, 5.41) is 3.35. The lowest BCUT2D eigenvalue weighted by Crippen LogP contribution is -2.44. The highest BCUT2D eigenvalue weighted by atomic mass is 15.2. The van der Waals surface area contributed by atoms with Crippen molar-refractivity contribution in [3.8, 4) is 0 Å². The Kier molecular flexibility index (Phi) is 5.12. The molecule has 1 aliphatic heterocycles. The Bertz CT molecular complexity index is 181. The largest absolute Gasteiger partial charge is 0.314 e. The van der Waals surface area contributed by atoms with Gasteiger partial charge in [0.1, 0.15) is 0 Å². The molecule has 0 aromatic carbocycles. The van der Waals surface area contributed by atoms with Crippen molar-refractivity contribution in [3.05, 3.63) is 0 Å². The van der Waals surface area contributed by atoms with E-state index >= 15 is 0 Å². The Morgan fingerprint density at radius 1 is 1.36 bits per heavy atom. The quantitative estimate of drug-likeness (QED) is 0.681. The lowest BCUT2D eigenvalue weighted by Gasteiger charge is -2.26. The van der Waals surface area contributed by atoms with Gasteiger partial charge in [-0.1, -0.05) is 13.8 Å². The van der Waals surface area contributed by atoms with Gasteiger partial charge in [0, 0.05) is 38.4 Å². The number of nitrogens with one attached hydrogen (secondary N) is 1. The Morgan fingerprint density at radius 2 is 2.00 bits per heavy atom. The SMILES string of the molecule is CC(=NCCN1CCNCC1)C(C)C. The van der Waals surface area contributed by atoms with Crippen LogP contribution in [0, 0.1) is 5.92 Å². The molecule has 0 aromatic heterocycles. The molecule has 1 heterocycles. The van der Waals surface area contributed by atoms with E-state index in [1.54, 1.807) is 0 Å². The Balaban J connectivity index is 2.16. The molecule has 0 amide bonds. The molecule has 0 unspecified atom stereocenters. The van der Waals surface area contributed by atoms with Crippen LogP contribution in [0.5, 0.6) is 0 Å². The second kappa shape index (κ2) is 6.14. The van der Waals surface area contributed by atoms with Crippen LogP contribution < -0.4 is 5.32 Å². The molecule has 0 spiro atoms. The van der Waals surface area contributed by atoms with Crippen LogP contribution in [0.1, 0.15) is 20.8 Å². The van der Waals surface area contributed by atoms with Crippen LogP contribution in [0.4, 0.5) is 0 Å². The molecule has 1 N–H and O–H groups in total. The number of piperazine rings is 1. The second-order valence-electron chi connectivity index (χ2n) is 4.27. The van der Waals surface area contributed by atoms with Gasteiger partial charge in [0.05, 0.1) is 6.54 Å². The molecule has 3 heteroatoms. The summed E-state index contributed by atoms with van der Waals surface area (Å²) in [4.78, 5) is 7.05. The predicted molar refractivity (Wildman–Crippen MR) is 62.1 cm³/mol. The summed E-state index contributed by atoms with van der Waals surface area (Å²) >= 11 is 0. The first-order valence-corrected chi connectivity index (χ1v) is 5.64. The maximum atomic E-state index is 4.57. The fourth-order valence-electron chi connectivity index (χ4n) is 1.49. The van der Waals surface area contributed by atoms with Crippen LogP contribution >= 0.6 is 0 Å². The van der Waals surface area contributed by atoms with Gasteiger partial charge in [-0.2, -0.15) is 0 Å². The third-order valence-corrected chi connectivity index (χ3v) is 2.82. The molecule has 1 rings (SSSR count). The van der Waals surface area contributed by atoms with Crippen molar-refractivity contribution < 1.29 is 0 Å². The van der Waals surface area contributed by atoms with Gasteiger partial charge in [-0.15, -0.1) is 0 Å². The Morgan fingerprint density at radius 3 is 2.57 bits per heavy atom. The van der Waals surface area contributed by atoms with E-state index < -0.39 is 0 Å². The molecule has 0 saturated carbocycles. The summed E-state index contributed by atoms with van der Waals surface area (Å²) < 4.78 is 0. The van der Waals surface area contributed by atoms with E-state index in [1.807, 2.05) is 0 Å². The molecule has 1 saturated heterocycles. The molecule has 1 aliphatic rings. The minimum Gasteiger partial charge on any atom is -0.314 e. The Hall–Kier alpha value is -0.410. The average Bonchev–Trinajstić information content (AvgIpc) is 2.19. The molecule has 82 valence electrons. The Labute approximate surface area is 87.6 Å². The second-order valence-corrected chi connectivity index (χ2v) is 4.27. The average molecular weight is 197 g/mol. The van der Waals surface area contributed by atoms with Crippen molar-refractivity contribution in [1.82, 2.24) is 10.2 Å². The van der Waals surface area contributed by atoms with Gasteiger partial charge in [0.2, 0.25) is 0 Å². The van der Waals surface area contributed by atoms with E-state index in [0.29, 0.717) is 5.92 Å². The van der Waals surface area contributed by atoms with Crippen LogP contribution in [0.15, 0.2) is 4.99 Å². The summed E-state index contributed by atoms with van der Waals surface area (Å²) in [7, 11) is 0. The highest BCUT2D eigenvalue weighted by Gasteiger charge is 2.07. The van der Waals surface area contributed by atoms with Gasteiger partial charge in [-0.05, 0) is 12.8 Å². The predicted octanol–water partition coefficient (Wildman–Crippen LogP) is 1.01. The maximum Gasteiger partial charge on any atom is 0.0516 e. The molecule has 0 aliphatic carbocycles. The zero-order valence-corrected chi connectivity index (χ0v) is 9.71. The lowest BCUT2D eigenvalue weighted by molar-refractivity contribution is 0.247. The topological polar surface area (TPSA) is 27.6 Å². The summed E-state index contributed by atoms with van der Waals surface area (Å²) in [6.07, 6.45) is 0. The molecular formula is C11H23N3. The summed E-state index contributed by atoms with van der Waals surface area (Å²) in [5.41, 5.74) is 1.28. The molecule has 0 bridgehead atoms. The van der Waals surface area contributed by atoms with Gasteiger partial charge in [-0.3, -0.25) is 9.89 Å². The van der Waals surface area contributed by atoms with Gasteiger partial charge in [-0.25, -0.2) is 0 Å². The van der Waals surface area contributed by atoms with Crippen LogP contribution in [-0.2, 0) is 0 Å². The minimum absolute atomic E-state index is 0.595. The van der Waals surface area contributed by atoms with Gasteiger partial charge >= 0.3 is 0 Å². The van der Waals surface area contributed by atoms with Crippen molar-refractivity contribution in [2.45, 2.75) is 20.8 Å². The number of aliphatic imine (C=N–C) groups is 1. The van der Waals surface area contributed by atoms with Crippen molar-refractivity contribution >= 4 is 5.71 Å². The maximum absolute atomic E-state index is 4.57. The summed E-state index contributed by atoms with van der Waals surface area (Å²) in [5.74, 6) is 0.595. The normalized spacial score (nSPS) is 20.4. The molecule has 0 radical (unpaired) electrons.